The number of nitrogens with zero attached hydrogens (tertiary/aromatic N) is 4. The summed E-state index contributed by atoms with van der Waals surface area (Å²) in [4.78, 5) is 50.0. The van der Waals surface area contributed by atoms with Crippen molar-refractivity contribution in [3.8, 4) is 0 Å². The number of benzene rings is 1. The molecule has 1 aromatic carbocycles. The topological polar surface area (TPSA) is 117 Å². The molecule has 10 nitrogen and oxygen atoms in total. The second kappa shape index (κ2) is 8.42. The molecule has 1 amide bonds. The maximum absolute atomic E-state index is 13.1. The Morgan fingerprint density at radius 1 is 1.16 bits per heavy atom. The van der Waals surface area contributed by atoms with Crippen LogP contribution in [0.2, 0.25) is 0 Å². The Hall–Kier alpha value is -3.73. The van der Waals surface area contributed by atoms with E-state index in [2.05, 4.69) is 15.2 Å². The van der Waals surface area contributed by atoms with Crippen molar-refractivity contribution in [1.29, 1.82) is 0 Å². The molecule has 0 atom stereocenters. The van der Waals surface area contributed by atoms with Crippen LogP contribution in [-0.2, 0) is 22.6 Å². The predicted octanol–water partition coefficient (Wildman–Crippen LogP) is 1.95. The van der Waals surface area contributed by atoms with Gasteiger partial charge in [0.2, 0.25) is 11.7 Å². The lowest BCUT2D eigenvalue weighted by Crippen LogP contribution is -2.29. The van der Waals surface area contributed by atoms with Crippen LogP contribution in [-0.4, -0.2) is 37.7 Å². The third-order valence-corrected chi connectivity index (χ3v) is 5.71. The third-order valence-electron chi connectivity index (χ3n) is 4.82. The molecule has 32 heavy (non-hydrogen) atoms. The van der Waals surface area contributed by atoms with Crippen molar-refractivity contribution >= 4 is 44.9 Å². The van der Waals surface area contributed by atoms with Crippen LogP contribution in [0.4, 0.5) is 5.69 Å². The maximum atomic E-state index is 13.1. The third kappa shape index (κ3) is 3.82. The lowest BCUT2D eigenvalue weighted by atomic mass is 10.2. The van der Waals surface area contributed by atoms with E-state index in [0.29, 0.717) is 28.0 Å². The average molecular weight is 455 g/mol. The number of thiophene rings is 1. The van der Waals surface area contributed by atoms with Crippen molar-refractivity contribution in [2.75, 3.05) is 12.4 Å². The van der Waals surface area contributed by atoms with Gasteiger partial charge in [0.1, 0.15) is 11.2 Å². The van der Waals surface area contributed by atoms with Gasteiger partial charge in [-0.25, -0.2) is 18.7 Å². The minimum absolute atomic E-state index is 0.158. The van der Waals surface area contributed by atoms with E-state index in [9.17, 15) is 19.2 Å². The average Bonchev–Trinajstić information content (AvgIpc) is 3.36. The van der Waals surface area contributed by atoms with Gasteiger partial charge in [0.25, 0.3) is 5.56 Å². The highest BCUT2D eigenvalue weighted by molar-refractivity contribution is 7.17. The van der Waals surface area contributed by atoms with E-state index >= 15 is 0 Å². The lowest BCUT2D eigenvalue weighted by Gasteiger charge is -2.09. The molecule has 0 radical (unpaired) electrons. The number of amides is 1. The summed E-state index contributed by atoms with van der Waals surface area (Å²) in [5.41, 5.74) is 0.576. The van der Waals surface area contributed by atoms with Crippen LogP contribution in [0, 0.1) is 5.92 Å². The van der Waals surface area contributed by atoms with Gasteiger partial charge in [-0.2, -0.15) is 0 Å². The van der Waals surface area contributed by atoms with E-state index in [0.717, 1.165) is 4.68 Å². The Balaban J connectivity index is 1.67. The van der Waals surface area contributed by atoms with Crippen LogP contribution < -0.4 is 16.6 Å². The summed E-state index contributed by atoms with van der Waals surface area (Å²) < 4.78 is 9.00. The monoisotopic (exact) mass is 455 g/mol. The van der Waals surface area contributed by atoms with Gasteiger partial charge in [-0.15, -0.1) is 16.4 Å². The second-order valence-electron chi connectivity index (χ2n) is 7.64. The Morgan fingerprint density at radius 2 is 1.88 bits per heavy atom. The molecule has 3 aromatic heterocycles. The number of nitrogens with one attached hydrogen (secondary N) is 1. The highest BCUT2D eigenvalue weighted by Crippen LogP contribution is 2.18. The van der Waals surface area contributed by atoms with E-state index in [-0.39, 0.29) is 23.8 Å². The molecule has 0 saturated carbocycles. The molecule has 11 heteroatoms. The number of hydrogen-bond acceptors (Lipinski definition) is 7. The van der Waals surface area contributed by atoms with E-state index < -0.39 is 17.6 Å². The molecule has 0 saturated heterocycles. The molecule has 1 N–H and O–H groups in total. The minimum atomic E-state index is -0.503. The largest absolute Gasteiger partial charge is 0.465 e. The van der Waals surface area contributed by atoms with E-state index in [1.165, 1.54) is 39.5 Å². The Kier molecular flexibility index (Phi) is 5.66. The van der Waals surface area contributed by atoms with Crippen molar-refractivity contribution in [3.63, 3.8) is 0 Å². The standard InChI is InChI=1S/C21H21N5O5S/c1-12(2)10-24-18(28)17-15(8-9-32-17)26-20(24)23-25(21(26)30)11-16(27)22-14-6-4-13(5-7-14)19(29)31-3/h4-9,12H,10-11H2,1-3H3,(H,22,27). The van der Waals surface area contributed by atoms with Crippen LogP contribution in [0.15, 0.2) is 45.3 Å². The summed E-state index contributed by atoms with van der Waals surface area (Å²) in [7, 11) is 1.29. The molecule has 0 unspecified atom stereocenters. The number of methoxy groups -OCH3 is 1. The lowest BCUT2D eigenvalue weighted by molar-refractivity contribution is -0.117. The number of carbonyl (C=O) groups is 2. The van der Waals surface area contributed by atoms with Crippen molar-refractivity contribution < 1.29 is 14.3 Å². The Labute approximate surface area is 185 Å². The molecule has 3 heterocycles. The quantitative estimate of drug-likeness (QED) is 0.444. The summed E-state index contributed by atoms with van der Waals surface area (Å²) in [5, 5.41) is 8.72. The number of anilines is 1. The number of hydrogen-bond donors (Lipinski definition) is 1. The molecule has 0 aliphatic heterocycles. The highest BCUT2D eigenvalue weighted by Gasteiger charge is 2.20. The van der Waals surface area contributed by atoms with Gasteiger partial charge in [0, 0.05) is 12.2 Å². The van der Waals surface area contributed by atoms with Gasteiger partial charge < -0.3 is 10.1 Å². The smallest absolute Gasteiger partial charge is 0.352 e. The van der Waals surface area contributed by atoms with Crippen LogP contribution in [0.5, 0.6) is 0 Å². The molecule has 0 bridgehead atoms. The fraction of sp³-hybridized carbons (Fsp3) is 0.286. The van der Waals surface area contributed by atoms with E-state index in [4.69, 9.17) is 0 Å². The first-order valence-electron chi connectivity index (χ1n) is 9.88. The molecule has 0 spiro atoms. The summed E-state index contributed by atoms with van der Waals surface area (Å²) in [6.07, 6.45) is 0. The van der Waals surface area contributed by atoms with Crippen LogP contribution >= 0.6 is 11.3 Å². The fourth-order valence-electron chi connectivity index (χ4n) is 3.41. The fourth-order valence-corrected chi connectivity index (χ4v) is 4.23. The molecule has 166 valence electrons. The van der Waals surface area contributed by atoms with Gasteiger partial charge in [-0.1, -0.05) is 13.8 Å². The van der Waals surface area contributed by atoms with Crippen molar-refractivity contribution in [1.82, 2.24) is 18.7 Å². The second-order valence-corrected chi connectivity index (χ2v) is 8.55. The first-order valence-corrected chi connectivity index (χ1v) is 10.8. The Bertz CT molecular complexity index is 1440. The Morgan fingerprint density at radius 3 is 2.53 bits per heavy atom. The van der Waals surface area contributed by atoms with Crippen molar-refractivity contribution in [3.05, 3.63) is 62.1 Å². The van der Waals surface area contributed by atoms with Crippen molar-refractivity contribution in [2.24, 2.45) is 5.92 Å². The maximum Gasteiger partial charge on any atom is 0.352 e. The molecule has 4 rings (SSSR count). The molecule has 0 fully saturated rings. The molecular formula is C21H21N5O5S. The number of ether oxygens (including phenoxy) is 1. The SMILES string of the molecule is COC(=O)c1ccc(NC(=O)Cn2nc3n(CC(C)C)c(=O)c4sccc4n3c2=O)cc1. The first kappa shape index (κ1) is 21.5. The zero-order valence-electron chi connectivity index (χ0n) is 17.7. The zero-order valence-corrected chi connectivity index (χ0v) is 18.5. The summed E-state index contributed by atoms with van der Waals surface area (Å²) in [5.74, 6) is -0.591. The first-order chi connectivity index (χ1) is 15.3. The number of rotatable bonds is 6. The number of fused-ring (bicyclic) bond motifs is 3. The summed E-state index contributed by atoms with van der Waals surface area (Å²) in [6, 6.07) is 7.87. The molecule has 0 aliphatic rings. The molecular weight excluding hydrogens is 434 g/mol. The van der Waals surface area contributed by atoms with Crippen molar-refractivity contribution in [2.45, 2.75) is 26.9 Å². The number of carbonyl (C=O) groups excluding carboxylic acids is 2. The normalized spacial score (nSPS) is 11.4. The number of esters is 1. The predicted molar refractivity (Wildman–Crippen MR) is 120 cm³/mol. The van der Waals surface area contributed by atoms with Crippen LogP contribution in [0.1, 0.15) is 24.2 Å². The summed E-state index contributed by atoms with van der Waals surface area (Å²) >= 11 is 1.27. The van der Waals surface area contributed by atoms with Crippen LogP contribution in [0.25, 0.3) is 16.0 Å². The van der Waals surface area contributed by atoms with Gasteiger partial charge in [-0.3, -0.25) is 14.2 Å². The van der Waals surface area contributed by atoms with Gasteiger partial charge in [-0.05, 0) is 41.6 Å². The molecule has 0 aliphatic carbocycles. The van der Waals surface area contributed by atoms with E-state index in [1.807, 2.05) is 13.8 Å². The highest BCUT2D eigenvalue weighted by atomic mass is 32.1. The van der Waals surface area contributed by atoms with Gasteiger partial charge >= 0.3 is 11.7 Å². The minimum Gasteiger partial charge on any atom is -0.465 e. The molecule has 4 aromatic rings. The van der Waals surface area contributed by atoms with E-state index in [1.54, 1.807) is 23.6 Å². The van der Waals surface area contributed by atoms with Gasteiger partial charge in [0.15, 0.2) is 0 Å². The zero-order chi connectivity index (χ0) is 23.0. The van der Waals surface area contributed by atoms with Crippen LogP contribution in [0.3, 0.4) is 0 Å². The van der Waals surface area contributed by atoms with Gasteiger partial charge in [0.05, 0.1) is 18.2 Å². The summed E-state index contributed by atoms with van der Waals surface area (Å²) in [6.45, 7) is 4.00. The number of aromatic nitrogens is 4.